The molecule has 0 aliphatic carbocycles. The van der Waals surface area contributed by atoms with Crippen molar-refractivity contribution in [1.82, 2.24) is 0 Å². The van der Waals surface area contributed by atoms with Crippen LogP contribution >= 0.6 is 0 Å². The molecule has 2 rings (SSSR count). The number of ether oxygens (including phenoxy) is 1. The SMILES string of the molecule is C=C(C)C(=O)OC.C=CCOOc1ccc(-c2ccccc2)cc1. The van der Waals surface area contributed by atoms with E-state index >= 15 is 0 Å². The molecule has 0 saturated carbocycles. The summed E-state index contributed by atoms with van der Waals surface area (Å²) in [5.74, 6) is 0.339. The van der Waals surface area contributed by atoms with Gasteiger partial charge in [0.05, 0.1) is 7.11 Å². The molecule has 0 atom stereocenters. The Bertz CT molecular complexity index is 645. The van der Waals surface area contributed by atoms with Crippen molar-refractivity contribution in [3.05, 3.63) is 79.4 Å². The monoisotopic (exact) mass is 326 g/mol. The molecule has 0 aromatic heterocycles. The van der Waals surface area contributed by atoms with Crippen LogP contribution in [0.3, 0.4) is 0 Å². The van der Waals surface area contributed by atoms with Gasteiger partial charge in [0.1, 0.15) is 6.61 Å². The van der Waals surface area contributed by atoms with Crippen molar-refractivity contribution >= 4 is 5.97 Å². The summed E-state index contributed by atoms with van der Waals surface area (Å²) in [4.78, 5) is 20.2. The molecule has 0 bridgehead atoms. The molecule has 0 N–H and O–H groups in total. The van der Waals surface area contributed by atoms with Crippen LogP contribution in [0.2, 0.25) is 0 Å². The van der Waals surface area contributed by atoms with E-state index in [9.17, 15) is 4.79 Å². The largest absolute Gasteiger partial charge is 0.466 e. The van der Waals surface area contributed by atoms with Crippen LogP contribution in [0, 0.1) is 0 Å². The van der Waals surface area contributed by atoms with Gasteiger partial charge >= 0.3 is 5.97 Å². The van der Waals surface area contributed by atoms with E-state index in [0.29, 0.717) is 17.9 Å². The van der Waals surface area contributed by atoms with Crippen molar-refractivity contribution in [1.29, 1.82) is 0 Å². The van der Waals surface area contributed by atoms with Crippen LogP contribution in [0.4, 0.5) is 0 Å². The quantitative estimate of drug-likeness (QED) is 0.195. The number of carbonyl (C=O) groups excluding carboxylic acids is 1. The summed E-state index contributed by atoms with van der Waals surface area (Å²) in [5.41, 5.74) is 2.77. The second-order valence-electron chi connectivity index (χ2n) is 4.82. The maximum Gasteiger partial charge on any atom is 0.332 e. The van der Waals surface area contributed by atoms with Crippen LogP contribution in [0.25, 0.3) is 11.1 Å². The Kier molecular flexibility index (Phi) is 8.64. The van der Waals surface area contributed by atoms with E-state index in [1.54, 1.807) is 13.0 Å². The predicted molar refractivity (Wildman–Crippen MR) is 95.5 cm³/mol. The summed E-state index contributed by atoms with van der Waals surface area (Å²) in [6.45, 7) is 8.87. The van der Waals surface area contributed by atoms with Gasteiger partial charge in [0.2, 0.25) is 0 Å². The molecule has 24 heavy (non-hydrogen) atoms. The Morgan fingerprint density at radius 1 is 1.04 bits per heavy atom. The van der Waals surface area contributed by atoms with Gasteiger partial charge in [0.25, 0.3) is 0 Å². The summed E-state index contributed by atoms with van der Waals surface area (Å²) >= 11 is 0. The third-order valence-corrected chi connectivity index (χ3v) is 2.84. The topological polar surface area (TPSA) is 44.8 Å². The number of methoxy groups -OCH3 is 1. The normalized spacial score (nSPS) is 9.25. The van der Waals surface area contributed by atoms with E-state index in [0.717, 1.165) is 5.56 Å². The minimum atomic E-state index is -0.347. The highest BCUT2D eigenvalue weighted by molar-refractivity contribution is 5.86. The lowest BCUT2D eigenvalue weighted by Gasteiger charge is -2.04. The molecule has 126 valence electrons. The molecule has 2 aromatic rings. The predicted octanol–water partition coefficient (Wildman–Crippen LogP) is 4.59. The lowest BCUT2D eigenvalue weighted by molar-refractivity contribution is -0.195. The Hall–Kier alpha value is -2.85. The number of rotatable bonds is 6. The van der Waals surface area contributed by atoms with Gasteiger partial charge in [-0.3, -0.25) is 0 Å². The molecule has 0 unspecified atom stereocenters. The fourth-order valence-electron chi connectivity index (χ4n) is 1.66. The summed E-state index contributed by atoms with van der Waals surface area (Å²) in [7, 11) is 1.33. The van der Waals surface area contributed by atoms with Crippen LogP contribution in [-0.4, -0.2) is 19.7 Å². The standard InChI is InChI=1S/C15H14O2.C5H8O2/c1-2-12-16-17-15-10-8-14(9-11-15)13-6-4-3-5-7-13;1-4(2)5(6)7-3/h2-11H,1,12H2;1H2,2-3H3. The molecule has 0 radical (unpaired) electrons. The van der Waals surface area contributed by atoms with Crippen LogP contribution in [-0.2, 0) is 14.4 Å². The lowest BCUT2D eigenvalue weighted by Crippen LogP contribution is -1.98. The van der Waals surface area contributed by atoms with Crippen molar-refractivity contribution in [3.8, 4) is 16.9 Å². The summed E-state index contributed by atoms with van der Waals surface area (Å²) in [5, 5.41) is 0. The van der Waals surface area contributed by atoms with E-state index in [1.807, 2.05) is 42.5 Å². The highest BCUT2D eigenvalue weighted by atomic mass is 17.2. The van der Waals surface area contributed by atoms with Crippen molar-refractivity contribution in [2.45, 2.75) is 6.92 Å². The third-order valence-electron chi connectivity index (χ3n) is 2.84. The summed E-state index contributed by atoms with van der Waals surface area (Å²) in [6, 6.07) is 18.0. The minimum absolute atomic E-state index is 0.347. The Balaban J connectivity index is 0.000000351. The van der Waals surface area contributed by atoms with E-state index in [1.165, 1.54) is 12.7 Å². The van der Waals surface area contributed by atoms with Crippen molar-refractivity contribution in [3.63, 3.8) is 0 Å². The molecule has 4 heteroatoms. The molecule has 0 heterocycles. The number of benzene rings is 2. The highest BCUT2D eigenvalue weighted by Crippen LogP contribution is 2.21. The smallest absolute Gasteiger partial charge is 0.332 e. The van der Waals surface area contributed by atoms with Gasteiger partial charge in [-0.25, -0.2) is 4.79 Å². The molecule has 4 nitrogen and oxygen atoms in total. The Morgan fingerprint density at radius 2 is 1.62 bits per heavy atom. The highest BCUT2D eigenvalue weighted by Gasteiger charge is 1.98. The molecule has 0 fully saturated rings. The summed E-state index contributed by atoms with van der Waals surface area (Å²) in [6.07, 6.45) is 1.64. The van der Waals surface area contributed by atoms with Crippen LogP contribution < -0.4 is 4.89 Å². The molecule has 0 aliphatic heterocycles. The Morgan fingerprint density at radius 3 is 2.08 bits per heavy atom. The molecule has 2 aromatic carbocycles. The first-order valence-electron chi connectivity index (χ1n) is 7.38. The third kappa shape index (κ3) is 6.94. The molecular weight excluding hydrogens is 304 g/mol. The maximum absolute atomic E-state index is 10.2. The lowest BCUT2D eigenvalue weighted by atomic mass is 10.1. The molecule has 0 saturated heterocycles. The van der Waals surface area contributed by atoms with Crippen LogP contribution in [0.15, 0.2) is 79.4 Å². The number of carbonyl (C=O) groups is 1. The maximum atomic E-state index is 10.2. The van der Waals surface area contributed by atoms with Gasteiger partial charge in [-0.1, -0.05) is 55.1 Å². The van der Waals surface area contributed by atoms with Gasteiger partial charge in [-0.05, 0) is 30.2 Å². The fourth-order valence-corrected chi connectivity index (χ4v) is 1.66. The van der Waals surface area contributed by atoms with Crippen molar-refractivity contribution in [2.24, 2.45) is 0 Å². The Labute approximate surface area is 142 Å². The number of hydrogen-bond donors (Lipinski definition) is 0. The minimum Gasteiger partial charge on any atom is -0.466 e. The zero-order valence-electron chi connectivity index (χ0n) is 14.0. The van der Waals surface area contributed by atoms with Crippen molar-refractivity contribution < 1.29 is 19.3 Å². The summed E-state index contributed by atoms with van der Waals surface area (Å²) < 4.78 is 4.27. The first-order chi connectivity index (χ1) is 11.6. The average Bonchev–Trinajstić information content (AvgIpc) is 2.63. The molecular formula is C20H22O4. The van der Waals surface area contributed by atoms with Gasteiger partial charge in [0, 0.05) is 5.57 Å². The zero-order valence-corrected chi connectivity index (χ0v) is 14.0. The fraction of sp³-hybridized carbons (Fsp3) is 0.150. The molecule has 0 amide bonds. The van der Waals surface area contributed by atoms with Gasteiger partial charge in [0.15, 0.2) is 5.75 Å². The number of hydrogen-bond acceptors (Lipinski definition) is 4. The van der Waals surface area contributed by atoms with Gasteiger partial charge < -0.3 is 9.62 Å². The van der Waals surface area contributed by atoms with E-state index in [-0.39, 0.29) is 5.97 Å². The first-order valence-corrected chi connectivity index (χ1v) is 7.38. The molecule has 0 spiro atoms. The average molecular weight is 326 g/mol. The van der Waals surface area contributed by atoms with E-state index in [2.05, 4.69) is 30.0 Å². The van der Waals surface area contributed by atoms with Crippen LogP contribution in [0.5, 0.6) is 5.75 Å². The second kappa shape index (κ2) is 10.8. The zero-order chi connectivity index (χ0) is 17.8. The van der Waals surface area contributed by atoms with Crippen molar-refractivity contribution in [2.75, 3.05) is 13.7 Å². The van der Waals surface area contributed by atoms with Crippen LogP contribution in [0.1, 0.15) is 6.92 Å². The van der Waals surface area contributed by atoms with Gasteiger partial charge in [-0.2, -0.15) is 4.89 Å². The first kappa shape index (κ1) is 19.2. The van der Waals surface area contributed by atoms with Gasteiger partial charge in [-0.15, -0.1) is 6.58 Å². The second-order valence-corrected chi connectivity index (χ2v) is 4.82. The molecule has 0 aliphatic rings. The number of esters is 1. The van der Waals surface area contributed by atoms with E-state index < -0.39 is 0 Å². The van der Waals surface area contributed by atoms with E-state index in [4.69, 9.17) is 9.78 Å².